The van der Waals surface area contributed by atoms with Gasteiger partial charge in [0.15, 0.2) is 5.82 Å². The Morgan fingerprint density at radius 2 is 2.08 bits per heavy atom. The second-order valence-corrected chi connectivity index (χ2v) is 6.27. The third-order valence-corrected chi connectivity index (χ3v) is 4.08. The number of nitro groups is 1. The largest absolute Gasteiger partial charge is 0.355 e. The second kappa shape index (κ2) is 6.51. The minimum absolute atomic E-state index is 0.309. The molecule has 0 fully saturated rings. The number of H-pyrrole nitrogens is 1. The van der Waals surface area contributed by atoms with E-state index in [-0.39, 0.29) is 0 Å². The van der Waals surface area contributed by atoms with Crippen LogP contribution in [0.1, 0.15) is 5.56 Å². The lowest BCUT2D eigenvalue weighted by Crippen LogP contribution is -2.00. The maximum Gasteiger partial charge on any atom is 0.305 e. The minimum Gasteiger partial charge on any atom is -0.355 e. The van der Waals surface area contributed by atoms with Gasteiger partial charge >= 0.3 is 5.69 Å². The molecule has 0 unspecified atom stereocenters. The van der Waals surface area contributed by atoms with Crippen molar-refractivity contribution in [1.29, 1.82) is 0 Å². The van der Waals surface area contributed by atoms with Gasteiger partial charge in [0.25, 0.3) is 0 Å². The molecule has 0 atom stereocenters. The van der Waals surface area contributed by atoms with Crippen LogP contribution in [0.5, 0.6) is 0 Å². The summed E-state index contributed by atoms with van der Waals surface area (Å²) in [6, 6.07) is 7.97. The van der Waals surface area contributed by atoms with Crippen LogP contribution >= 0.6 is 22.6 Å². The van der Waals surface area contributed by atoms with Crippen molar-refractivity contribution in [1.82, 2.24) is 15.2 Å². The average molecular weight is 439 g/mol. The van der Waals surface area contributed by atoms with Gasteiger partial charge in [0.2, 0.25) is 5.82 Å². The number of nitrogens with one attached hydrogen (secondary N) is 2. The summed E-state index contributed by atoms with van der Waals surface area (Å²) < 4.78 is 15.1. The quantitative estimate of drug-likeness (QED) is 0.361. The molecule has 3 rings (SSSR count). The van der Waals surface area contributed by atoms with Crippen molar-refractivity contribution in [3.8, 4) is 11.4 Å². The van der Waals surface area contributed by atoms with Gasteiger partial charge in [-0.3, -0.25) is 15.2 Å². The van der Waals surface area contributed by atoms with Gasteiger partial charge in [-0.1, -0.05) is 0 Å². The van der Waals surface area contributed by atoms with E-state index in [2.05, 4.69) is 43.1 Å². The first-order chi connectivity index (χ1) is 11.5. The molecule has 0 bridgehead atoms. The van der Waals surface area contributed by atoms with Crippen molar-refractivity contribution in [2.45, 2.75) is 6.92 Å². The summed E-state index contributed by atoms with van der Waals surface area (Å²) in [5.41, 5.74) is 1.83. The number of nitro benzene ring substituents is 1. The molecule has 0 aliphatic rings. The zero-order chi connectivity index (χ0) is 17.3. The molecule has 0 amide bonds. The summed E-state index contributed by atoms with van der Waals surface area (Å²) in [6.07, 6.45) is 1.28. The molecule has 24 heavy (non-hydrogen) atoms. The average Bonchev–Trinajstić information content (AvgIpc) is 3.04. The number of halogens is 2. The fraction of sp³-hybridized carbons (Fsp3) is 0.0667. The minimum atomic E-state index is -0.922. The van der Waals surface area contributed by atoms with Gasteiger partial charge in [-0.2, -0.15) is 9.49 Å². The van der Waals surface area contributed by atoms with Crippen LogP contribution in [-0.4, -0.2) is 20.1 Å². The van der Waals surface area contributed by atoms with Gasteiger partial charge in [-0.25, -0.2) is 4.98 Å². The van der Waals surface area contributed by atoms with Crippen molar-refractivity contribution in [2.24, 2.45) is 0 Å². The predicted molar refractivity (Wildman–Crippen MR) is 95.6 cm³/mol. The number of nitrogens with zero attached hydrogens (tertiary/aromatic N) is 3. The SMILES string of the molecule is Cc1cc(I)ccc1Nc1cc(F)c([N+](=O)[O-])cc1-c1ncn[nH]1. The van der Waals surface area contributed by atoms with Crippen LogP contribution in [0.25, 0.3) is 11.4 Å². The van der Waals surface area contributed by atoms with Crippen molar-refractivity contribution in [3.63, 3.8) is 0 Å². The first-order valence-electron chi connectivity index (χ1n) is 6.82. The molecule has 1 aromatic heterocycles. The Morgan fingerprint density at radius 3 is 2.71 bits per heavy atom. The van der Waals surface area contributed by atoms with Crippen LogP contribution in [0, 0.1) is 26.4 Å². The highest BCUT2D eigenvalue weighted by Crippen LogP contribution is 2.34. The number of rotatable bonds is 4. The van der Waals surface area contributed by atoms with Gasteiger partial charge in [-0.05, 0) is 53.3 Å². The molecule has 0 radical (unpaired) electrons. The number of anilines is 2. The Bertz CT molecular complexity index is 914. The molecule has 2 N–H and O–H groups in total. The van der Waals surface area contributed by atoms with Crippen LogP contribution in [0.4, 0.5) is 21.5 Å². The molecule has 7 nitrogen and oxygen atoms in total. The van der Waals surface area contributed by atoms with Crippen molar-refractivity contribution < 1.29 is 9.31 Å². The molecular formula is C15H11FIN5O2. The fourth-order valence-corrected chi connectivity index (χ4v) is 2.90. The third kappa shape index (κ3) is 3.20. The number of hydrogen-bond acceptors (Lipinski definition) is 5. The highest BCUT2D eigenvalue weighted by Gasteiger charge is 2.21. The molecule has 0 saturated carbocycles. The van der Waals surface area contributed by atoms with E-state index in [1.165, 1.54) is 6.33 Å². The Kier molecular flexibility index (Phi) is 4.42. The Balaban J connectivity index is 2.12. The molecule has 0 saturated heterocycles. The van der Waals surface area contributed by atoms with E-state index in [0.717, 1.165) is 27.0 Å². The Labute approximate surface area is 149 Å². The number of benzene rings is 2. The second-order valence-electron chi connectivity index (χ2n) is 5.02. The number of aryl methyl sites for hydroxylation is 1. The van der Waals surface area contributed by atoms with E-state index in [0.29, 0.717) is 17.1 Å². The number of aromatic nitrogens is 3. The first kappa shape index (κ1) is 16.3. The zero-order valence-electron chi connectivity index (χ0n) is 12.4. The summed E-state index contributed by atoms with van der Waals surface area (Å²) in [5.74, 6) is -0.613. The molecular weight excluding hydrogens is 428 g/mol. The molecule has 122 valence electrons. The smallest absolute Gasteiger partial charge is 0.305 e. The van der Waals surface area contributed by atoms with Gasteiger partial charge in [0.05, 0.1) is 10.6 Å². The maximum atomic E-state index is 14.1. The molecule has 3 aromatic rings. The molecule has 1 heterocycles. The predicted octanol–water partition coefficient (Wildman–Crippen LogP) is 4.18. The lowest BCUT2D eigenvalue weighted by molar-refractivity contribution is -0.387. The topological polar surface area (TPSA) is 96.7 Å². The third-order valence-electron chi connectivity index (χ3n) is 3.41. The summed E-state index contributed by atoms with van der Waals surface area (Å²) in [6.45, 7) is 1.92. The van der Waals surface area contributed by atoms with E-state index in [1.54, 1.807) is 0 Å². The van der Waals surface area contributed by atoms with E-state index >= 15 is 0 Å². The Morgan fingerprint density at radius 1 is 1.29 bits per heavy atom. The highest BCUT2D eigenvalue weighted by atomic mass is 127. The molecule has 2 aromatic carbocycles. The summed E-state index contributed by atoms with van der Waals surface area (Å²) >= 11 is 2.20. The first-order valence-corrected chi connectivity index (χ1v) is 7.90. The maximum absolute atomic E-state index is 14.1. The lowest BCUT2D eigenvalue weighted by Gasteiger charge is -2.13. The number of hydrogen-bond donors (Lipinski definition) is 2. The van der Waals surface area contributed by atoms with Crippen molar-refractivity contribution in [3.05, 3.63) is 61.7 Å². The van der Waals surface area contributed by atoms with Gasteiger partial charge in [0, 0.05) is 27.0 Å². The van der Waals surface area contributed by atoms with Crippen molar-refractivity contribution >= 4 is 39.7 Å². The van der Waals surface area contributed by atoms with Gasteiger partial charge in [-0.15, -0.1) is 0 Å². The molecule has 9 heteroatoms. The van der Waals surface area contributed by atoms with E-state index in [9.17, 15) is 14.5 Å². The monoisotopic (exact) mass is 439 g/mol. The normalized spacial score (nSPS) is 10.6. The highest BCUT2D eigenvalue weighted by molar-refractivity contribution is 14.1. The van der Waals surface area contributed by atoms with Crippen LogP contribution in [0.2, 0.25) is 0 Å². The van der Waals surface area contributed by atoms with Gasteiger partial charge < -0.3 is 5.32 Å². The summed E-state index contributed by atoms with van der Waals surface area (Å²) in [5, 5.41) is 20.5. The fourth-order valence-electron chi connectivity index (χ4n) is 2.25. The molecule has 0 aliphatic heterocycles. The molecule has 0 spiro atoms. The van der Waals surface area contributed by atoms with Gasteiger partial charge in [0.1, 0.15) is 6.33 Å². The zero-order valence-corrected chi connectivity index (χ0v) is 14.5. The standard InChI is InChI=1S/C15H11FIN5O2/c1-8-4-9(17)2-3-12(8)20-13-6-11(16)14(22(23)24)5-10(13)15-18-7-19-21-15/h2-7,20H,1H3,(H,18,19,21). The van der Waals surface area contributed by atoms with E-state index in [4.69, 9.17) is 0 Å². The van der Waals surface area contributed by atoms with Crippen LogP contribution in [0.15, 0.2) is 36.7 Å². The summed E-state index contributed by atoms with van der Waals surface area (Å²) in [4.78, 5) is 14.2. The van der Waals surface area contributed by atoms with Crippen molar-refractivity contribution in [2.75, 3.05) is 5.32 Å². The lowest BCUT2D eigenvalue weighted by atomic mass is 10.1. The summed E-state index contributed by atoms with van der Waals surface area (Å²) in [7, 11) is 0. The molecule has 0 aliphatic carbocycles. The van der Waals surface area contributed by atoms with Crippen LogP contribution in [0.3, 0.4) is 0 Å². The van der Waals surface area contributed by atoms with E-state index < -0.39 is 16.4 Å². The Hall–Kier alpha value is -2.56. The number of aromatic amines is 1. The van der Waals surface area contributed by atoms with Crippen LogP contribution in [-0.2, 0) is 0 Å². The van der Waals surface area contributed by atoms with Crippen LogP contribution < -0.4 is 5.32 Å². The van der Waals surface area contributed by atoms with E-state index in [1.807, 2.05) is 25.1 Å².